The lowest BCUT2D eigenvalue weighted by molar-refractivity contribution is -0.151. The van der Waals surface area contributed by atoms with E-state index in [1.807, 2.05) is 54.6 Å². The van der Waals surface area contributed by atoms with Crippen molar-refractivity contribution in [3.8, 4) is 16.9 Å². The van der Waals surface area contributed by atoms with Gasteiger partial charge in [-0.3, -0.25) is 4.79 Å². The second kappa shape index (κ2) is 8.37. The van der Waals surface area contributed by atoms with Gasteiger partial charge in [0.1, 0.15) is 5.75 Å². The molecule has 5 heteroatoms. The molecule has 0 spiro atoms. The van der Waals surface area contributed by atoms with E-state index in [0.29, 0.717) is 5.75 Å². The fourth-order valence-electron chi connectivity index (χ4n) is 6.37. The minimum Gasteiger partial charge on any atom is -0.481 e. The van der Waals surface area contributed by atoms with Crippen molar-refractivity contribution in [3.05, 3.63) is 54.6 Å². The lowest BCUT2D eigenvalue weighted by atomic mass is 9.53. The van der Waals surface area contributed by atoms with Gasteiger partial charge in [-0.15, -0.1) is 0 Å². The van der Waals surface area contributed by atoms with E-state index in [1.54, 1.807) is 0 Å². The van der Waals surface area contributed by atoms with Crippen LogP contribution < -0.4 is 10.1 Å². The molecule has 0 radical (unpaired) electrons. The summed E-state index contributed by atoms with van der Waals surface area (Å²) in [6.45, 7) is -0.473. The largest absolute Gasteiger partial charge is 0.481 e. The summed E-state index contributed by atoms with van der Waals surface area (Å²) in [5, 5.41) is 3.23. The van der Waals surface area contributed by atoms with Gasteiger partial charge in [-0.1, -0.05) is 48.5 Å². The Hall–Kier alpha value is -2.82. The number of hydrogen-bond donors (Lipinski definition) is 1. The quantitative estimate of drug-likeness (QED) is 0.678. The van der Waals surface area contributed by atoms with E-state index in [0.717, 1.165) is 48.1 Å². The standard InChI is InChI=1S/C26H29NO4/c28-24(27-26-13-18-10-19(14-26)12-20(11-18)15-26)16-31-25(29)17-30-23-9-5-4-8-22(23)21-6-2-1-3-7-21/h1-9,18-20H,10-17H2,(H,27,28). The number of para-hydroxylation sites is 1. The van der Waals surface area contributed by atoms with Gasteiger partial charge < -0.3 is 14.8 Å². The zero-order chi connectivity index (χ0) is 21.3. The van der Waals surface area contributed by atoms with Crippen LogP contribution in [-0.4, -0.2) is 30.6 Å². The molecule has 2 aromatic rings. The van der Waals surface area contributed by atoms with Gasteiger partial charge in [-0.05, 0) is 67.9 Å². The maximum atomic E-state index is 12.5. The van der Waals surface area contributed by atoms with Gasteiger partial charge >= 0.3 is 5.97 Å². The number of carbonyl (C=O) groups excluding carboxylic acids is 2. The molecule has 4 aliphatic carbocycles. The molecule has 1 N–H and O–H groups in total. The zero-order valence-electron chi connectivity index (χ0n) is 17.7. The van der Waals surface area contributed by atoms with E-state index < -0.39 is 5.97 Å². The molecule has 0 saturated heterocycles. The minimum absolute atomic E-state index is 0.0661. The first-order chi connectivity index (χ1) is 15.1. The molecule has 5 nitrogen and oxygen atoms in total. The highest BCUT2D eigenvalue weighted by atomic mass is 16.6. The van der Waals surface area contributed by atoms with Gasteiger partial charge in [0, 0.05) is 11.1 Å². The molecule has 162 valence electrons. The molecule has 0 aromatic heterocycles. The first-order valence-corrected chi connectivity index (χ1v) is 11.3. The summed E-state index contributed by atoms with van der Waals surface area (Å²) >= 11 is 0. The van der Waals surface area contributed by atoms with E-state index in [9.17, 15) is 9.59 Å². The summed E-state index contributed by atoms with van der Waals surface area (Å²) in [7, 11) is 0. The number of hydrogen-bond acceptors (Lipinski definition) is 4. The van der Waals surface area contributed by atoms with Crippen molar-refractivity contribution in [2.45, 2.75) is 44.1 Å². The Bertz CT molecular complexity index is 920. The molecule has 4 saturated carbocycles. The third kappa shape index (κ3) is 4.46. The second-order valence-electron chi connectivity index (χ2n) is 9.56. The van der Waals surface area contributed by atoms with Gasteiger partial charge in [-0.2, -0.15) is 0 Å². The van der Waals surface area contributed by atoms with Gasteiger partial charge in [0.05, 0.1) is 0 Å². The van der Waals surface area contributed by atoms with E-state index in [2.05, 4.69) is 5.32 Å². The molecule has 4 aliphatic rings. The van der Waals surface area contributed by atoms with Crippen LogP contribution in [0.2, 0.25) is 0 Å². The summed E-state index contributed by atoms with van der Waals surface area (Å²) in [6, 6.07) is 17.5. The smallest absolute Gasteiger partial charge is 0.344 e. The van der Waals surface area contributed by atoms with Crippen LogP contribution >= 0.6 is 0 Å². The molecule has 0 heterocycles. The highest BCUT2D eigenvalue weighted by molar-refractivity contribution is 5.81. The summed E-state index contributed by atoms with van der Waals surface area (Å²) in [5.41, 5.74) is 1.86. The van der Waals surface area contributed by atoms with Crippen molar-refractivity contribution in [3.63, 3.8) is 0 Å². The van der Waals surface area contributed by atoms with Crippen molar-refractivity contribution in [2.75, 3.05) is 13.2 Å². The minimum atomic E-state index is -0.538. The third-order valence-electron chi connectivity index (χ3n) is 7.12. The van der Waals surface area contributed by atoms with E-state index in [4.69, 9.17) is 9.47 Å². The summed E-state index contributed by atoms with van der Waals surface area (Å²) in [5.74, 6) is 2.15. The molecular formula is C26H29NO4. The molecule has 0 unspecified atom stereocenters. The third-order valence-corrected chi connectivity index (χ3v) is 7.12. The Kier molecular flexibility index (Phi) is 5.43. The summed E-state index contributed by atoms with van der Waals surface area (Å²) in [4.78, 5) is 24.7. The SMILES string of the molecule is O=C(COC(=O)COc1ccccc1-c1ccccc1)NC12CC3CC(CC(C3)C1)C2. The Labute approximate surface area is 183 Å². The maximum absolute atomic E-state index is 12.5. The van der Waals surface area contributed by atoms with Crippen LogP contribution in [0, 0.1) is 17.8 Å². The molecule has 31 heavy (non-hydrogen) atoms. The van der Waals surface area contributed by atoms with Gasteiger partial charge in [-0.25, -0.2) is 4.79 Å². The van der Waals surface area contributed by atoms with E-state index in [-0.39, 0.29) is 24.7 Å². The second-order valence-corrected chi connectivity index (χ2v) is 9.56. The van der Waals surface area contributed by atoms with Crippen molar-refractivity contribution in [2.24, 2.45) is 17.8 Å². The number of esters is 1. The van der Waals surface area contributed by atoms with Crippen molar-refractivity contribution in [1.29, 1.82) is 0 Å². The maximum Gasteiger partial charge on any atom is 0.344 e. The van der Waals surface area contributed by atoms with Gasteiger partial charge in [0.2, 0.25) is 0 Å². The van der Waals surface area contributed by atoms with Crippen LogP contribution in [0.1, 0.15) is 38.5 Å². The van der Waals surface area contributed by atoms with Gasteiger partial charge in [0.15, 0.2) is 13.2 Å². The number of rotatable bonds is 7. The van der Waals surface area contributed by atoms with Crippen LogP contribution in [0.4, 0.5) is 0 Å². The zero-order valence-corrected chi connectivity index (χ0v) is 17.7. The molecule has 6 rings (SSSR count). The predicted octanol–water partition coefficient (Wildman–Crippen LogP) is 4.36. The summed E-state index contributed by atoms with van der Waals surface area (Å²) < 4.78 is 10.9. The van der Waals surface area contributed by atoms with Gasteiger partial charge in [0.25, 0.3) is 5.91 Å². The summed E-state index contributed by atoms with van der Waals surface area (Å²) in [6.07, 6.45) is 7.22. The molecule has 1 amide bonds. The van der Waals surface area contributed by atoms with Crippen LogP contribution in [0.25, 0.3) is 11.1 Å². The normalized spacial score (nSPS) is 28.2. The van der Waals surface area contributed by atoms with Crippen molar-refractivity contribution in [1.82, 2.24) is 5.32 Å². The average molecular weight is 420 g/mol. The fraction of sp³-hybridized carbons (Fsp3) is 0.462. The highest BCUT2D eigenvalue weighted by Gasteiger charge is 2.51. The van der Waals surface area contributed by atoms with Crippen molar-refractivity contribution >= 4 is 11.9 Å². The number of amides is 1. The van der Waals surface area contributed by atoms with Crippen molar-refractivity contribution < 1.29 is 19.1 Å². The predicted molar refractivity (Wildman–Crippen MR) is 117 cm³/mol. The Balaban J connectivity index is 1.12. The molecule has 4 bridgehead atoms. The molecule has 2 aromatic carbocycles. The molecular weight excluding hydrogens is 390 g/mol. The van der Waals surface area contributed by atoms with E-state index >= 15 is 0 Å². The molecule has 0 aliphatic heterocycles. The Morgan fingerprint density at radius 1 is 0.839 bits per heavy atom. The van der Waals surface area contributed by atoms with Crippen LogP contribution in [0.3, 0.4) is 0 Å². The number of carbonyl (C=O) groups is 2. The average Bonchev–Trinajstić information content (AvgIpc) is 2.76. The Morgan fingerprint density at radius 2 is 1.45 bits per heavy atom. The first-order valence-electron chi connectivity index (χ1n) is 11.3. The number of ether oxygens (including phenoxy) is 2. The first kappa shape index (κ1) is 20.1. The number of nitrogens with one attached hydrogen (secondary N) is 1. The lowest BCUT2D eigenvalue weighted by Gasteiger charge is -2.56. The van der Waals surface area contributed by atoms with E-state index in [1.165, 1.54) is 19.3 Å². The number of benzene rings is 2. The fourth-order valence-corrected chi connectivity index (χ4v) is 6.37. The lowest BCUT2D eigenvalue weighted by Crippen LogP contribution is -2.60. The Morgan fingerprint density at radius 3 is 2.13 bits per heavy atom. The molecule has 0 atom stereocenters. The van der Waals surface area contributed by atoms with Crippen LogP contribution in [-0.2, 0) is 14.3 Å². The topological polar surface area (TPSA) is 64.6 Å². The van der Waals surface area contributed by atoms with Crippen LogP contribution in [0.5, 0.6) is 5.75 Å². The monoisotopic (exact) mass is 419 g/mol. The highest BCUT2D eigenvalue weighted by Crippen LogP contribution is 2.55. The van der Waals surface area contributed by atoms with Crippen LogP contribution in [0.15, 0.2) is 54.6 Å². The molecule has 4 fully saturated rings.